The van der Waals surface area contributed by atoms with Gasteiger partial charge in [0, 0.05) is 6.54 Å². The molecule has 0 atom stereocenters. The van der Waals surface area contributed by atoms with Crippen LogP contribution in [0.3, 0.4) is 0 Å². The third kappa shape index (κ3) is 5.93. The number of hydrazine groups is 1. The summed E-state index contributed by atoms with van der Waals surface area (Å²) in [6, 6.07) is 16.1. The highest BCUT2D eigenvalue weighted by Crippen LogP contribution is 2.22. The van der Waals surface area contributed by atoms with E-state index >= 15 is 0 Å². The van der Waals surface area contributed by atoms with Crippen LogP contribution < -0.4 is 10.6 Å². The van der Waals surface area contributed by atoms with Gasteiger partial charge in [-0.15, -0.1) is 0 Å². The summed E-state index contributed by atoms with van der Waals surface area (Å²) in [5.74, 6) is 7.58. The molecule has 156 valence electrons. The van der Waals surface area contributed by atoms with E-state index in [1.165, 1.54) is 10.6 Å². The molecule has 3 rings (SSSR count). The van der Waals surface area contributed by atoms with E-state index in [-0.39, 0.29) is 19.6 Å². The van der Waals surface area contributed by atoms with Crippen LogP contribution in [0.25, 0.3) is 0 Å². The van der Waals surface area contributed by atoms with Crippen molar-refractivity contribution >= 4 is 11.6 Å². The molecular weight excluding hydrogens is 368 g/mol. The smallest absolute Gasteiger partial charge is 0.220 e. The Kier molecular flexibility index (Phi) is 7.46. The molecule has 7 heteroatoms. The third-order valence-corrected chi connectivity index (χ3v) is 4.80. The number of hydrogen-bond acceptors (Lipinski definition) is 5. The summed E-state index contributed by atoms with van der Waals surface area (Å²) in [5.41, 5.74) is 3.13. The molecule has 1 aliphatic rings. The number of nitrogens with zero attached hydrogens (tertiary/aromatic N) is 3. The van der Waals surface area contributed by atoms with Gasteiger partial charge >= 0.3 is 0 Å². The van der Waals surface area contributed by atoms with Gasteiger partial charge in [-0.05, 0) is 49.6 Å². The van der Waals surface area contributed by atoms with Gasteiger partial charge in [-0.25, -0.2) is 20.6 Å². The molecule has 0 aromatic heterocycles. The summed E-state index contributed by atoms with van der Waals surface area (Å²) in [6.07, 6.45) is 2.20. The average molecular weight is 399 g/mol. The third-order valence-electron chi connectivity index (χ3n) is 4.80. The van der Waals surface area contributed by atoms with Gasteiger partial charge in [-0.2, -0.15) is 0 Å². The Morgan fingerprint density at radius 3 is 2.31 bits per heavy atom. The van der Waals surface area contributed by atoms with Crippen LogP contribution in [0.5, 0.6) is 5.75 Å². The maximum absolute atomic E-state index is 6.16. The lowest BCUT2D eigenvalue weighted by Crippen LogP contribution is -2.46. The van der Waals surface area contributed by atoms with E-state index in [0.717, 1.165) is 29.8 Å². The molecule has 0 amide bonds. The molecule has 0 aliphatic carbocycles. The number of nitrogens with two attached hydrogens (primary N) is 1. The second-order valence-electron chi connectivity index (χ2n) is 7.11. The minimum atomic E-state index is 0.0963. The summed E-state index contributed by atoms with van der Waals surface area (Å²) >= 11 is 0. The predicted octanol–water partition coefficient (Wildman–Crippen LogP) is 4.10. The van der Waals surface area contributed by atoms with Crippen molar-refractivity contribution in [2.24, 2.45) is 10.8 Å². The zero-order valence-corrected chi connectivity index (χ0v) is 17.4. The van der Waals surface area contributed by atoms with Crippen LogP contribution in [0, 0.1) is 6.92 Å². The number of guanidine groups is 1. The zero-order valence-electron chi connectivity index (χ0n) is 17.4. The second-order valence-corrected chi connectivity index (χ2v) is 7.11. The highest BCUT2D eigenvalue weighted by atomic mass is 17.2. The van der Waals surface area contributed by atoms with Gasteiger partial charge in [0.25, 0.3) is 0 Å². The van der Waals surface area contributed by atoms with Crippen molar-refractivity contribution in [2.45, 2.75) is 46.3 Å². The van der Waals surface area contributed by atoms with Gasteiger partial charge in [0.1, 0.15) is 5.75 Å². The first kappa shape index (κ1) is 21.1. The summed E-state index contributed by atoms with van der Waals surface area (Å²) in [7, 11) is 0. The first-order valence-electron chi connectivity index (χ1n) is 10.0. The molecule has 0 saturated carbocycles. The topological polar surface area (TPSA) is 72.5 Å². The van der Waals surface area contributed by atoms with Crippen molar-refractivity contribution in [3.05, 3.63) is 59.7 Å². The van der Waals surface area contributed by atoms with Crippen LogP contribution in [0.2, 0.25) is 0 Å². The quantitative estimate of drug-likeness (QED) is 0.559. The SMILES string of the molecule is CCC(CC)Oc1ccc(N=C2N(N)COOCN2Cc2ccc(C)cc2)cc1. The van der Waals surface area contributed by atoms with Crippen molar-refractivity contribution in [1.29, 1.82) is 0 Å². The molecule has 29 heavy (non-hydrogen) atoms. The van der Waals surface area contributed by atoms with Crippen LogP contribution in [-0.4, -0.2) is 35.4 Å². The van der Waals surface area contributed by atoms with Crippen molar-refractivity contribution in [1.82, 2.24) is 9.91 Å². The lowest BCUT2D eigenvalue weighted by molar-refractivity contribution is -0.314. The van der Waals surface area contributed by atoms with Crippen molar-refractivity contribution in [2.75, 3.05) is 13.5 Å². The number of benzene rings is 2. The highest BCUT2D eigenvalue weighted by Gasteiger charge is 2.22. The number of ether oxygens (including phenoxy) is 1. The Balaban J connectivity index is 1.79. The standard InChI is InChI=1S/C22H30N4O3/c1-4-20(5-2)29-21-12-10-19(11-13-21)24-22-25(15-27-28-16-26(22)23)14-18-8-6-17(3)7-9-18/h6-13,20H,4-5,14-16,23H2,1-3H3. The molecule has 2 aromatic carbocycles. The molecule has 1 heterocycles. The van der Waals surface area contributed by atoms with Gasteiger partial charge in [0.2, 0.25) is 5.96 Å². The highest BCUT2D eigenvalue weighted by molar-refractivity contribution is 5.82. The number of rotatable bonds is 7. The summed E-state index contributed by atoms with van der Waals surface area (Å²) in [5, 5.41) is 1.44. The van der Waals surface area contributed by atoms with E-state index in [2.05, 4.69) is 45.0 Å². The Morgan fingerprint density at radius 2 is 1.66 bits per heavy atom. The average Bonchev–Trinajstić information content (AvgIpc) is 2.91. The predicted molar refractivity (Wildman–Crippen MR) is 113 cm³/mol. The molecule has 2 N–H and O–H groups in total. The minimum absolute atomic E-state index is 0.0963. The Bertz CT molecular complexity index is 789. The summed E-state index contributed by atoms with van der Waals surface area (Å²) in [4.78, 5) is 17.0. The monoisotopic (exact) mass is 398 g/mol. The van der Waals surface area contributed by atoms with Gasteiger partial charge in [-0.3, -0.25) is 5.01 Å². The van der Waals surface area contributed by atoms with E-state index in [1.54, 1.807) is 0 Å². The fraction of sp³-hybridized carbons (Fsp3) is 0.409. The normalized spacial score (nSPS) is 16.4. The summed E-state index contributed by atoms with van der Waals surface area (Å²) < 4.78 is 5.97. The van der Waals surface area contributed by atoms with Crippen molar-refractivity contribution in [3.8, 4) is 5.75 Å². The molecule has 1 fully saturated rings. The maximum Gasteiger partial charge on any atom is 0.220 e. The molecule has 1 aliphatic heterocycles. The van der Waals surface area contributed by atoms with Gasteiger partial charge in [-0.1, -0.05) is 43.7 Å². The number of hydrogen-bond donors (Lipinski definition) is 1. The fourth-order valence-electron chi connectivity index (χ4n) is 3.02. The first-order valence-corrected chi connectivity index (χ1v) is 10.0. The minimum Gasteiger partial charge on any atom is -0.490 e. The van der Waals surface area contributed by atoms with E-state index < -0.39 is 0 Å². The van der Waals surface area contributed by atoms with E-state index in [4.69, 9.17) is 25.3 Å². The molecule has 2 aromatic rings. The molecule has 0 radical (unpaired) electrons. The largest absolute Gasteiger partial charge is 0.490 e. The molecular formula is C22H30N4O3. The Labute approximate surface area is 172 Å². The van der Waals surface area contributed by atoms with Crippen LogP contribution >= 0.6 is 0 Å². The van der Waals surface area contributed by atoms with Crippen molar-refractivity contribution < 1.29 is 14.5 Å². The first-order chi connectivity index (χ1) is 14.1. The number of aryl methyl sites for hydroxylation is 1. The van der Waals surface area contributed by atoms with E-state index in [9.17, 15) is 0 Å². The maximum atomic E-state index is 6.16. The lowest BCUT2D eigenvalue weighted by Gasteiger charge is -2.26. The van der Waals surface area contributed by atoms with Crippen molar-refractivity contribution in [3.63, 3.8) is 0 Å². The van der Waals surface area contributed by atoms with Gasteiger partial charge < -0.3 is 9.64 Å². The van der Waals surface area contributed by atoms with Crippen LogP contribution in [-0.2, 0) is 16.3 Å². The van der Waals surface area contributed by atoms with Crippen LogP contribution in [0.1, 0.15) is 37.8 Å². The Morgan fingerprint density at radius 1 is 1.00 bits per heavy atom. The van der Waals surface area contributed by atoms with Gasteiger partial charge in [0.15, 0.2) is 13.5 Å². The van der Waals surface area contributed by atoms with Crippen LogP contribution in [0.15, 0.2) is 53.5 Å². The lowest BCUT2D eigenvalue weighted by atomic mass is 10.1. The zero-order chi connectivity index (χ0) is 20.6. The fourth-order valence-corrected chi connectivity index (χ4v) is 3.02. The van der Waals surface area contributed by atoms with Gasteiger partial charge in [0.05, 0.1) is 11.8 Å². The second kappa shape index (κ2) is 10.2. The van der Waals surface area contributed by atoms with E-state index in [1.807, 2.05) is 29.2 Å². The number of aliphatic imine (C=N–C) groups is 1. The molecule has 7 nitrogen and oxygen atoms in total. The molecule has 0 unspecified atom stereocenters. The summed E-state index contributed by atoms with van der Waals surface area (Å²) in [6.45, 7) is 7.26. The molecule has 0 spiro atoms. The molecule has 1 saturated heterocycles. The Hall–Kier alpha value is -2.61. The van der Waals surface area contributed by atoms with E-state index in [0.29, 0.717) is 12.5 Å². The molecule has 0 bridgehead atoms. The van der Waals surface area contributed by atoms with Crippen LogP contribution in [0.4, 0.5) is 5.69 Å².